The van der Waals surface area contributed by atoms with Crippen LogP contribution in [0, 0.1) is 5.92 Å². The first-order valence-electron chi connectivity index (χ1n) is 12.1. The van der Waals surface area contributed by atoms with Crippen LogP contribution in [0.25, 0.3) is 0 Å². The van der Waals surface area contributed by atoms with Crippen LogP contribution in [0.2, 0.25) is 0 Å². The van der Waals surface area contributed by atoms with Crippen LogP contribution in [0.4, 0.5) is 0 Å². The molecule has 2 aliphatic rings. The summed E-state index contributed by atoms with van der Waals surface area (Å²) in [5.74, 6) is 0.0598. The molecule has 0 aliphatic carbocycles. The number of nitrogens with zero attached hydrogens (tertiary/aromatic N) is 1. The Morgan fingerprint density at radius 2 is 1.94 bits per heavy atom. The van der Waals surface area contributed by atoms with E-state index in [0.29, 0.717) is 25.3 Å². The first kappa shape index (κ1) is 24.5. The van der Waals surface area contributed by atoms with Crippen LogP contribution in [0.3, 0.4) is 0 Å². The molecule has 1 amide bonds. The molecule has 176 valence electrons. The Kier molecular flexibility index (Phi) is 9.75. The molecule has 1 aromatic carbocycles. The molecule has 0 radical (unpaired) electrons. The number of aliphatic hydroxyl groups is 1. The molecule has 3 rings (SSSR count). The zero-order valence-corrected chi connectivity index (χ0v) is 19.0. The Bertz CT molecular complexity index is 771. The molecule has 6 heteroatoms. The number of carbonyl (C=O) groups is 2. The zero-order chi connectivity index (χ0) is 22.8. The summed E-state index contributed by atoms with van der Waals surface area (Å²) < 4.78 is 5.45. The third-order valence-corrected chi connectivity index (χ3v) is 6.59. The molecule has 0 spiro atoms. The Labute approximate surface area is 191 Å². The van der Waals surface area contributed by atoms with Gasteiger partial charge in [0.15, 0.2) is 0 Å². The van der Waals surface area contributed by atoms with Crippen molar-refractivity contribution in [1.29, 1.82) is 0 Å². The van der Waals surface area contributed by atoms with Crippen molar-refractivity contribution in [2.45, 2.75) is 76.4 Å². The Morgan fingerprint density at radius 1 is 1.16 bits per heavy atom. The van der Waals surface area contributed by atoms with Crippen molar-refractivity contribution in [2.75, 3.05) is 19.8 Å². The average Bonchev–Trinajstić information content (AvgIpc) is 3.14. The first-order chi connectivity index (χ1) is 15.5. The van der Waals surface area contributed by atoms with Gasteiger partial charge in [-0.2, -0.15) is 0 Å². The number of aliphatic hydroxyl groups excluding tert-OH is 1. The lowest BCUT2D eigenvalue weighted by atomic mass is 9.91. The van der Waals surface area contributed by atoms with Crippen molar-refractivity contribution in [3.63, 3.8) is 0 Å². The minimum atomic E-state index is -0.752. The second-order valence-corrected chi connectivity index (χ2v) is 9.09. The lowest BCUT2D eigenvalue weighted by molar-refractivity contribution is -0.137. The highest BCUT2D eigenvalue weighted by Crippen LogP contribution is 2.25. The fourth-order valence-corrected chi connectivity index (χ4v) is 4.69. The van der Waals surface area contributed by atoms with E-state index >= 15 is 0 Å². The summed E-state index contributed by atoms with van der Waals surface area (Å²) in [4.78, 5) is 24.8. The quantitative estimate of drug-likeness (QED) is 0.372. The van der Waals surface area contributed by atoms with Crippen molar-refractivity contribution in [2.24, 2.45) is 5.92 Å². The van der Waals surface area contributed by atoms with Crippen LogP contribution >= 0.6 is 0 Å². The van der Waals surface area contributed by atoms with E-state index in [1.54, 1.807) is 0 Å². The van der Waals surface area contributed by atoms with Crippen LogP contribution in [0.5, 0.6) is 0 Å². The van der Waals surface area contributed by atoms with Crippen LogP contribution in [0.1, 0.15) is 75.0 Å². The lowest BCUT2D eigenvalue weighted by Crippen LogP contribution is -2.32. The van der Waals surface area contributed by atoms with Gasteiger partial charge >= 0.3 is 5.97 Å². The molecule has 2 saturated heterocycles. The van der Waals surface area contributed by atoms with Gasteiger partial charge < -0.3 is 19.8 Å². The van der Waals surface area contributed by atoms with Crippen LogP contribution in [0.15, 0.2) is 36.4 Å². The number of ether oxygens (including phenoxy) is 1. The van der Waals surface area contributed by atoms with E-state index in [4.69, 9.17) is 9.84 Å². The lowest BCUT2D eigenvalue weighted by Gasteiger charge is -2.23. The molecule has 2 N–H and O–H groups in total. The van der Waals surface area contributed by atoms with Crippen molar-refractivity contribution >= 4 is 11.9 Å². The van der Waals surface area contributed by atoms with Gasteiger partial charge in [0, 0.05) is 32.6 Å². The fourth-order valence-electron chi connectivity index (χ4n) is 4.69. The number of unbranched alkanes of at least 4 members (excludes halogenated alkanes) is 3. The predicted octanol–water partition coefficient (Wildman–Crippen LogP) is 4.27. The topological polar surface area (TPSA) is 87.1 Å². The highest BCUT2D eigenvalue weighted by Gasteiger charge is 2.28. The summed E-state index contributed by atoms with van der Waals surface area (Å²) in [5.41, 5.74) is 2.14. The smallest absolute Gasteiger partial charge is 0.303 e. The number of carboxylic acids is 1. The number of aliphatic carboxylic acids is 1. The molecule has 2 aliphatic heterocycles. The average molecular weight is 444 g/mol. The normalized spacial score (nSPS) is 20.8. The highest BCUT2D eigenvalue weighted by atomic mass is 16.5. The summed E-state index contributed by atoms with van der Waals surface area (Å²) in [5, 5.41) is 19.4. The van der Waals surface area contributed by atoms with Crippen molar-refractivity contribution in [3.8, 4) is 0 Å². The maximum Gasteiger partial charge on any atom is 0.303 e. The SMILES string of the molecule is O=C(O)CCCCCCN1C(=O)CCC1C=C[C@@H](O)c1cccc(CC2CCOCC2)c1. The minimum absolute atomic E-state index is 0.0293. The number of benzene rings is 1. The van der Waals surface area contributed by atoms with E-state index in [9.17, 15) is 14.7 Å². The first-order valence-corrected chi connectivity index (χ1v) is 12.1. The second-order valence-electron chi connectivity index (χ2n) is 9.09. The second kappa shape index (κ2) is 12.8. The largest absolute Gasteiger partial charge is 0.481 e. The van der Waals surface area contributed by atoms with Gasteiger partial charge in [-0.3, -0.25) is 9.59 Å². The summed E-state index contributed by atoms with van der Waals surface area (Å²) in [6, 6.07) is 8.22. The third kappa shape index (κ3) is 7.75. The molecular weight excluding hydrogens is 406 g/mol. The van der Waals surface area contributed by atoms with Gasteiger partial charge in [0.05, 0.1) is 12.1 Å². The van der Waals surface area contributed by atoms with Gasteiger partial charge in [-0.15, -0.1) is 0 Å². The molecule has 2 fully saturated rings. The Balaban J connectivity index is 1.48. The summed E-state index contributed by atoms with van der Waals surface area (Å²) >= 11 is 0. The molecule has 0 saturated carbocycles. The number of rotatable bonds is 12. The number of carbonyl (C=O) groups excluding carboxylic acids is 1. The minimum Gasteiger partial charge on any atom is -0.481 e. The van der Waals surface area contributed by atoms with Crippen LogP contribution in [-0.2, 0) is 20.7 Å². The van der Waals surface area contributed by atoms with E-state index in [1.807, 2.05) is 29.2 Å². The van der Waals surface area contributed by atoms with E-state index in [0.717, 1.165) is 63.7 Å². The Morgan fingerprint density at radius 3 is 2.72 bits per heavy atom. The van der Waals surface area contributed by atoms with Gasteiger partial charge in [-0.1, -0.05) is 49.3 Å². The summed E-state index contributed by atoms with van der Waals surface area (Å²) in [6.45, 7) is 2.38. The maximum atomic E-state index is 12.3. The van der Waals surface area contributed by atoms with Crippen LogP contribution in [-0.4, -0.2) is 52.8 Å². The number of hydrogen-bond acceptors (Lipinski definition) is 4. The number of carboxylic acid groups (broad SMARTS) is 1. The van der Waals surface area contributed by atoms with E-state index < -0.39 is 12.1 Å². The van der Waals surface area contributed by atoms with E-state index in [2.05, 4.69) is 12.1 Å². The van der Waals surface area contributed by atoms with Gasteiger partial charge in [-0.25, -0.2) is 0 Å². The summed E-state index contributed by atoms with van der Waals surface area (Å²) in [6.07, 6.45) is 11.2. The monoisotopic (exact) mass is 443 g/mol. The predicted molar refractivity (Wildman–Crippen MR) is 123 cm³/mol. The number of amides is 1. The Hall–Kier alpha value is -2.18. The molecule has 0 aromatic heterocycles. The maximum absolute atomic E-state index is 12.3. The van der Waals surface area contributed by atoms with Crippen LogP contribution < -0.4 is 0 Å². The standard InChI is InChI=1S/C26H37NO5/c28-24(22-7-5-6-21(19-22)18-20-13-16-32-17-14-20)11-9-23-10-12-25(29)27(23)15-4-2-1-3-8-26(30)31/h5-7,9,11,19-20,23-24,28H,1-4,8,10,12-18H2,(H,30,31)/t23?,24-/m1/s1. The molecule has 1 unspecified atom stereocenters. The molecule has 32 heavy (non-hydrogen) atoms. The van der Waals surface area contributed by atoms with E-state index in [1.165, 1.54) is 5.56 Å². The van der Waals surface area contributed by atoms with Gasteiger partial charge in [0.25, 0.3) is 0 Å². The van der Waals surface area contributed by atoms with Gasteiger partial charge in [0.2, 0.25) is 5.91 Å². The van der Waals surface area contributed by atoms with Crippen molar-refractivity contribution < 1.29 is 24.5 Å². The zero-order valence-electron chi connectivity index (χ0n) is 19.0. The summed E-state index contributed by atoms with van der Waals surface area (Å²) in [7, 11) is 0. The van der Waals surface area contributed by atoms with E-state index in [-0.39, 0.29) is 18.4 Å². The third-order valence-electron chi connectivity index (χ3n) is 6.59. The number of hydrogen-bond donors (Lipinski definition) is 2. The molecule has 2 atom stereocenters. The van der Waals surface area contributed by atoms with Crippen molar-refractivity contribution in [1.82, 2.24) is 4.90 Å². The molecule has 2 heterocycles. The van der Waals surface area contributed by atoms with Crippen molar-refractivity contribution in [3.05, 3.63) is 47.5 Å². The highest BCUT2D eigenvalue weighted by molar-refractivity contribution is 5.79. The fraction of sp³-hybridized carbons (Fsp3) is 0.615. The molecule has 1 aromatic rings. The molecule has 6 nitrogen and oxygen atoms in total. The van der Waals surface area contributed by atoms with Gasteiger partial charge in [-0.05, 0) is 55.6 Å². The molecular formula is C26H37NO5. The molecule has 0 bridgehead atoms. The van der Waals surface area contributed by atoms with Gasteiger partial charge in [0.1, 0.15) is 0 Å². The number of likely N-dealkylation sites (tertiary alicyclic amines) is 1.